The molecule has 4 aromatic heterocycles. The van der Waals surface area contributed by atoms with Crippen LogP contribution in [0, 0.1) is 0 Å². The van der Waals surface area contributed by atoms with Crippen molar-refractivity contribution in [2.45, 2.75) is 0 Å². The minimum Gasteiger partial charge on any atom is -0.328 e. The third kappa shape index (κ3) is 4.05. The summed E-state index contributed by atoms with van der Waals surface area (Å²) in [5.41, 5.74) is -0.125. The van der Waals surface area contributed by atoms with Gasteiger partial charge >= 0.3 is 11.4 Å². The molecule has 168 valence electrons. The molecule has 4 heterocycles. The summed E-state index contributed by atoms with van der Waals surface area (Å²) in [4.78, 5) is 55.9. The Morgan fingerprint density at radius 3 is 1.97 bits per heavy atom. The van der Waals surface area contributed by atoms with Crippen LogP contribution >= 0.6 is 0 Å². The zero-order valence-corrected chi connectivity index (χ0v) is 19.3. The van der Waals surface area contributed by atoms with Crippen molar-refractivity contribution in [3.63, 3.8) is 0 Å². The van der Waals surface area contributed by atoms with Crippen LogP contribution in [0.25, 0.3) is 28.5 Å². The first kappa shape index (κ1) is 25.6. The van der Waals surface area contributed by atoms with Gasteiger partial charge in [0.25, 0.3) is 11.1 Å². The third-order valence-electron chi connectivity index (χ3n) is 4.30. The molecule has 0 fully saturated rings. The molecule has 0 amide bonds. The van der Waals surface area contributed by atoms with Gasteiger partial charge in [0.05, 0.1) is 12.7 Å². The molecule has 0 saturated heterocycles. The predicted molar refractivity (Wildman–Crippen MR) is 103 cm³/mol. The number of fused-ring (bicyclic) bond motifs is 2. The number of hydrogen-bond donors (Lipinski definition) is 1. The summed E-state index contributed by atoms with van der Waals surface area (Å²) in [6, 6.07) is 0. The summed E-state index contributed by atoms with van der Waals surface area (Å²) in [6.45, 7) is 3.47. The second kappa shape index (κ2) is 9.55. The maximum absolute atomic E-state index is 11.7. The van der Waals surface area contributed by atoms with Crippen molar-refractivity contribution in [2.75, 3.05) is 0 Å². The van der Waals surface area contributed by atoms with Crippen LogP contribution in [0.4, 0.5) is 0 Å². The maximum atomic E-state index is 11.7. The van der Waals surface area contributed by atoms with Crippen LogP contribution in [0.15, 0.2) is 38.4 Å². The predicted octanol–water partition coefficient (Wildman–Crippen LogP) is -1.51. The van der Waals surface area contributed by atoms with E-state index < -0.39 is 11.2 Å². The Balaban J connectivity index is 0.000000281. The van der Waals surface area contributed by atoms with Crippen molar-refractivity contribution < 1.29 is 44.8 Å². The van der Waals surface area contributed by atoms with Gasteiger partial charge in [0.1, 0.15) is 0 Å². The molecule has 0 unspecified atom stereocenters. The molecule has 0 aromatic carbocycles. The summed E-state index contributed by atoms with van der Waals surface area (Å²) in [5.74, 6) is 0. The average Bonchev–Trinajstić information content (AvgIpc) is 3.22. The first-order chi connectivity index (χ1) is 13.2. The third-order valence-corrected chi connectivity index (χ3v) is 4.30. The molecular formula is C16H18Ag2N8O4. The van der Waals surface area contributed by atoms with Gasteiger partial charge in [-0.1, -0.05) is 6.58 Å². The Bertz CT molecular complexity index is 1470. The quantitative estimate of drug-likeness (QED) is 0.264. The number of nitrogens with zero attached hydrogens (tertiary/aromatic N) is 7. The first-order valence-electron chi connectivity index (χ1n) is 8.04. The van der Waals surface area contributed by atoms with Crippen LogP contribution in [-0.4, -0.2) is 37.8 Å². The van der Waals surface area contributed by atoms with Gasteiger partial charge < -0.3 is 9.13 Å². The van der Waals surface area contributed by atoms with Gasteiger partial charge in [-0.2, -0.15) is 0 Å². The minimum atomic E-state index is -0.531. The van der Waals surface area contributed by atoms with Crippen molar-refractivity contribution in [1.82, 2.24) is 37.8 Å². The summed E-state index contributed by atoms with van der Waals surface area (Å²) in [5, 5.41) is 0. The standard InChI is InChI=1S/C8H10N4O2.C8H8N4O2.2Ag/c1-10-4-9-6-5(10)7(13)12(3)8(14)11(6)2;1-3-12-6-5(11(2)4-9-6)7(13)10-8(12)14;;/h4H,1-3H3;3-4H,1H2,2H3,(H,10,13,14);;. The fourth-order valence-corrected chi connectivity index (χ4v) is 2.81. The Labute approximate surface area is 199 Å². The monoisotopic (exact) mass is 600 g/mol. The first-order valence-corrected chi connectivity index (χ1v) is 8.04. The molecule has 0 saturated carbocycles. The summed E-state index contributed by atoms with van der Waals surface area (Å²) < 4.78 is 6.78. The molecule has 1 N–H and O–H groups in total. The average molecular weight is 602 g/mol. The Kier molecular flexibility index (Phi) is 8.14. The SMILES string of the molecule is C=Cn1c(=O)[nH]c(=O)c2c1ncn2C.Cn1c(=O)c2c(ncn2C)n(C)c1=O.[Ag].[Ag]. The molecule has 4 aromatic rings. The molecule has 0 spiro atoms. The summed E-state index contributed by atoms with van der Waals surface area (Å²) in [6.07, 6.45) is 4.30. The van der Waals surface area contributed by atoms with Crippen LogP contribution in [-0.2, 0) is 73.0 Å². The van der Waals surface area contributed by atoms with Crippen molar-refractivity contribution >= 4 is 28.5 Å². The zero-order chi connectivity index (χ0) is 20.7. The molecule has 0 bridgehead atoms. The number of aromatic amines is 1. The van der Waals surface area contributed by atoms with E-state index in [0.29, 0.717) is 22.3 Å². The van der Waals surface area contributed by atoms with Crippen LogP contribution in [0.5, 0.6) is 0 Å². The van der Waals surface area contributed by atoms with Gasteiger partial charge in [-0.25, -0.2) is 19.6 Å². The fraction of sp³-hybridized carbons (Fsp3) is 0.250. The fourth-order valence-electron chi connectivity index (χ4n) is 2.81. The van der Waals surface area contributed by atoms with E-state index in [4.69, 9.17) is 0 Å². The minimum absolute atomic E-state index is 0. The van der Waals surface area contributed by atoms with E-state index in [9.17, 15) is 19.2 Å². The van der Waals surface area contributed by atoms with Gasteiger partial charge in [-0.3, -0.25) is 28.3 Å². The second-order valence-corrected chi connectivity index (χ2v) is 6.07. The number of imidazole rings is 2. The number of hydrogen-bond acceptors (Lipinski definition) is 6. The largest absolute Gasteiger partial charge is 0.334 e. The van der Waals surface area contributed by atoms with E-state index in [2.05, 4.69) is 21.5 Å². The smallest absolute Gasteiger partial charge is 0.328 e. The van der Waals surface area contributed by atoms with Crippen LogP contribution < -0.4 is 22.5 Å². The molecule has 0 aliphatic rings. The molecule has 0 aliphatic carbocycles. The number of aryl methyl sites for hydroxylation is 3. The maximum Gasteiger partial charge on any atom is 0.334 e. The van der Waals surface area contributed by atoms with Gasteiger partial charge in [0.15, 0.2) is 22.3 Å². The summed E-state index contributed by atoms with van der Waals surface area (Å²) in [7, 11) is 6.46. The molecule has 4 rings (SSSR count). The van der Waals surface area contributed by atoms with Crippen molar-refractivity contribution in [3.8, 4) is 0 Å². The molecule has 12 nitrogen and oxygen atoms in total. The number of aromatic nitrogens is 8. The molecule has 0 aliphatic heterocycles. The van der Waals surface area contributed by atoms with E-state index in [1.807, 2.05) is 0 Å². The van der Waals surface area contributed by atoms with E-state index in [-0.39, 0.29) is 56.0 Å². The van der Waals surface area contributed by atoms with Crippen LogP contribution in [0.1, 0.15) is 0 Å². The van der Waals surface area contributed by atoms with E-state index in [0.717, 1.165) is 4.57 Å². The topological polar surface area (TPSA) is 134 Å². The van der Waals surface area contributed by atoms with Gasteiger partial charge in [0, 0.05) is 79.2 Å². The molecule has 2 radical (unpaired) electrons. The van der Waals surface area contributed by atoms with Crippen molar-refractivity contribution in [3.05, 3.63) is 60.9 Å². The zero-order valence-electron chi connectivity index (χ0n) is 16.3. The number of nitrogens with one attached hydrogen (secondary N) is 1. The Hall–Kier alpha value is -2.48. The van der Waals surface area contributed by atoms with Gasteiger partial charge in [0.2, 0.25) is 0 Å². The van der Waals surface area contributed by atoms with Crippen molar-refractivity contribution in [1.29, 1.82) is 0 Å². The van der Waals surface area contributed by atoms with E-state index in [1.165, 1.54) is 35.0 Å². The Morgan fingerprint density at radius 1 is 0.867 bits per heavy atom. The van der Waals surface area contributed by atoms with E-state index >= 15 is 0 Å². The normalized spacial score (nSPS) is 10.1. The van der Waals surface area contributed by atoms with Crippen molar-refractivity contribution in [2.24, 2.45) is 28.2 Å². The van der Waals surface area contributed by atoms with Crippen LogP contribution in [0.3, 0.4) is 0 Å². The number of rotatable bonds is 1. The van der Waals surface area contributed by atoms with E-state index in [1.54, 1.807) is 30.3 Å². The summed E-state index contributed by atoms with van der Waals surface area (Å²) >= 11 is 0. The molecular weight excluding hydrogens is 584 g/mol. The van der Waals surface area contributed by atoms with Gasteiger partial charge in [-0.15, -0.1) is 0 Å². The van der Waals surface area contributed by atoms with Gasteiger partial charge in [-0.05, 0) is 0 Å². The molecule has 0 atom stereocenters. The second-order valence-electron chi connectivity index (χ2n) is 6.07. The Morgan fingerprint density at radius 2 is 1.40 bits per heavy atom. The molecule has 14 heteroatoms. The number of H-pyrrole nitrogens is 1. The van der Waals surface area contributed by atoms with Crippen LogP contribution in [0.2, 0.25) is 0 Å². The molecule has 30 heavy (non-hydrogen) atoms.